The Labute approximate surface area is 416 Å². The second-order valence-corrected chi connectivity index (χ2v) is 17.0. The summed E-state index contributed by atoms with van der Waals surface area (Å²) in [6.07, 6.45) is -4.15. The molecule has 0 saturated heterocycles. The molecule has 0 saturated carbocycles. The van der Waals surface area contributed by atoms with Crippen molar-refractivity contribution in [2.24, 2.45) is 0 Å². The first-order valence-corrected chi connectivity index (χ1v) is 20.8. The number of nitrogens with zero attached hydrogens (tertiary/aromatic N) is 4. The smallest absolute Gasteiger partial charge is 0.269 e. The van der Waals surface area contributed by atoms with E-state index in [0.717, 1.165) is 27.4 Å². The third-order valence-corrected chi connectivity index (χ3v) is 11.7. The molecule has 0 amide bonds. The molecule has 0 atom stereocenters. The van der Waals surface area contributed by atoms with E-state index in [4.69, 9.17) is 30.3 Å². The Morgan fingerprint density at radius 3 is 2.18 bits per heavy atom. The number of fused-ring (bicyclic) bond motifs is 5. The van der Waals surface area contributed by atoms with Gasteiger partial charge in [-0.2, -0.15) is 0 Å². The van der Waals surface area contributed by atoms with Gasteiger partial charge in [-0.05, 0) is 116 Å². The molecule has 0 aliphatic heterocycles. The first kappa shape index (κ1) is 22.1. The van der Waals surface area contributed by atoms with Crippen LogP contribution in [0.2, 0.25) is 0 Å². The molecule has 0 fully saturated rings. The Kier molecular flexibility index (Phi) is 5.17. The van der Waals surface area contributed by atoms with E-state index in [2.05, 4.69) is 37.7 Å². The normalized spacial score (nSPS) is 22.2. The summed E-state index contributed by atoms with van der Waals surface area (Å²) in [5, 5.41) is 1.92. The lowest BCUT2D eigenvalue weighted by atomic mass is 9.63. The molecule has 5 nitrogen and oxygen atoms in total. The molecule has 5 heteroatoms. The van der Waals surface area contributed by atoms with Gasteiger partial charge >= 0.3 is 0 Å². The first-order chi connectivity index (χ1) is 41.2. The van der Waals surface area contributed by atoms with E-state index < -0.39 is 127 Å². The Bertz CT molecular complexity index is 4530. The molecule has 0 N–H and O–H groups in total. The maximum atomic E-state index is 10.1. The number of hydrogen-bond acceptors (Lipinski definition) is 2. The average molecular weight is 871 g/mol. The van der Waals surface area contributed by atoms with Gasteiger partial charge in [-0.1, -0.05) is 163 Å². The molecular weight excluding hydrogens is 793 g/mol. The fraction of sp³-hybridized carbons (Fsp3) is 0.200. The zero-order valence-corrected chi connectivity index (χ0v) is 35.3. The van der Waals surface area contributed by atoms with Gasteiger partial charge in [-0.15, -0.1) is 0 Å². The van der Waals surface area contributed by atoms with Crippen LogP contribution >= 0.6 is 0 Å². The molecule has 10 aromatic rings. The van der Waals surface area contributed by atoms with Crippen molar-refractivity contribution in [3.63, 3.8) is 0 Å². The minimum Gasteiger partial charge on any atom is -0.458 e. The number of para-hydroxylation sites is 4. The van der Waals surface area contributed by atoms with Crippen LogP contribution in [0.5, 0.6) is 11.5 Å². The summed E-state index contributed by atoms with van der Waals surface area (Å²) in [6, 6.07) is 26.5. The Hall–Kier alpha value is -7.24. The van der Waals surface area contributed by atoms with Crippen LogP contribution in [0, 0.1) is 6.33 Å². The van der Waals surface area contributed by atoms with E-state index >= 15 is 0 Å². The van der Waals surface area contributed by atoms with Crippen molar-refractivity contribution in [3.8, 4) is 50.9 Å². The van der Waals surface area contributed by atoms with Crippen molar-refractivity contribution >= 4 is 32.8 Å². The van der Waals surface area contributed by atoms with E-state index in [1.165, 1.54) is 22.8 Å². The van der Waals surface area contributed by atoms with E-state index in [0.29, 0.717) is 28.5 Å². The zero-order chi connectivity index (χ0) is 65.2. The molecule has 0 spiro atoms. The maximum absolute atomic E-state index is 10.1. The van der Waals surface area contributed by atoms with Crippen LogP contribution in [-0.2, 0) is 16.2 Å². The van der Waals surface area contributed by atoms with Crippen molar-refractivity contribution < 1.29 is 42.2 Å². The molecule has 0 bridgehead atoms. The van der Waals surface area contributed by atoms with Crippen LogP contribution in [0.1, 0.15) is 111 Å². The van der Waals surface area contributed by atoms with Crippen LogP contribution in [0.4, 0.5) is 0 Å². The van der Waals surface area contributed by atoms with Crippen LogP contribution in [0.25, 0.3) is 72.3 Å². The Balaban J connectivity index is 1.19. The minimum atomic E-state index is -4.61. The molecule has 65 heavy (non-hydrogen) atoms. The van der Waals surface area contributed by atoms with Gasteiger partial charge in [-0.25, -0.2) is 4.98 Å². The molecule has 0 radical (unpaired) electrons. The summed E-state index contributed by atoms with van der Waals surface area (Å²) >= 11 is 0. The molecule has 3 heterocycles. The molecule has 7 aromatic carbocycles. The van der Waals surface area contributed by atoms with Gasteiger partial charge < -0.3 is 4.74 Å². The van der Waals surface area contributed by atoms with E-state index in [9.17, 15) is 12.3 Å². The topological polar surface area (TPSA) is 35.9 Å². The van der Waals surface area contributed by atoms with Crippen molar-refractivity contribution in [1.29, 1.82) is 0 Å². The van der Waals surface area contributed by atoms with Gasteiger partial charge in [0.15, 0.2) is 0 Å². The van der Waals surface area contributed by atoms with E-state index in [1.807, 2.05) is 48.5 Å². The number of pyridine rings is 1. The number of rotatable bonds is 7. The van der Waals surface area contributed by atoms with Gasteiger partial charge in [0.2, 0.25) is 0 Å². The van der Waals surface area contributed by atoms with Gasteiger partial charge in [-0.3, -0.25) is 13.7 Å². The summed E-state index contributed by atoms with van der Waals surface area (Å²) < 4.78 is 229. The fourth-order valence-corrected chi connectivity index (χ4v) is 8.50. The second-order valence-electron chi connectivity index (χ2n) is 17.0. The summed E-state index contributed by atoms with van der Waals surface area (Å²) in [7, 11) is 0. The monoisotopic (exact) mass is 871 g/mol. The number of benzene rings is 7. The maximum Gasteiger partial charge on any atom is 0.269 e. The minimum absolute atomic E-state index is 0.178. The number of aromatic nitrogens is 4. The largest absolute Gasteiger partial charge is 0.458 e. The number of imidazole rings is 1. The molecular formula is C60H54N4O. The Morgan fingerprint density at radius 1 is 0.677 bits per heavy atom. The van der Waals surface area contributed by atoms with Crippen LogP contribution in [-0.4, -0.2) is 14.1 Å². The fourth-order valence-electron chi connectivity index (χ4n) is 8.50. The van der Waals surface area contributed by atoms with Gasteiger partial charge in [0.1, 0.15) is 17.3 Å². The predicted molar refractivity (Wildman–Crippen MR) is 267 cm³/mol. The molecule has 0 unspecified atom stereocenters. The van der Waals surface area contributed by atoms with Crippen LogP contribution in [0.3, 0.4) is 0 Å². The highest BCUT2D eigenvalue weighted by molar-refractivity contribution is 6.09. The predicted octanol–water partition coefficient (Wildman–Crippen LogP) is 15.0. The summed E-state index contributed by atoms with van der Waals surface area (Å²) in [4.78, 5) is 4.79. The molecule has 1 aliphatic rings. The highest BCUT2D eigenvalue weighted by Crippen LogP contribution is 2.48. The van der Waals surface area contributed by atoms with Crippen LogP contribution in [0.15, 0.2) is 176 Å². The average Bonchev–Trinajstić information content (AvgIpc) is 1.08. The highest BCUT2D eigenvalue weighted by atomic mass is 16.5. The third kappa shape index (κ3) is 7.02. The van der Waals surface area contributed by atoms with Crippen molar-refractivity contribution in [2.75, 3.05) is 0 Å². The second kappa shape index (κ2) is 15.2. The molecule has 11 rings (SSSR count). The van der Waals surface area contributed by atoms with Gasteiger partial charge in [0.05, 0.1) is 44.4 Å². The lowest BCUT2D eigenvalue weighted by Crippen LogP contribution is -2.34. The lowest BCUT2D eigenvalue weighted by Gasteiger charge is -2.42. The number of ether oxygens (including phenoxy) is 1. The number of hydrogen-bond donors (Lipinski definition) is 0. The van der Waals surface area contributed by atoms with Crippen molar-refractivity contribution in [3.05, 3.63) is 199 Å². The van der Waals surface area contributed by atoms with Crippen molar-refractivity contribution in [1.82, 2.24) is 14.1 Å². The SMILES string of the molecule is [2H]c1c([2H])c([2H])c(-c2cccc(-c3c([2H])c([2H])c4c(c3[2H])C(C([2H])([2H])[2H])(C([2H])([2H])[2H])C([2H])([2H])C([2H])([2H])C4(C([2H])([2H])[2H])C([2H])([2H])[2H])c2-[n+]2[c-]n(-c3cccc(Oc4ccc5c6ccccc6n(-c6cc(C(C)(C)C)ccn6)c5c4)c3)c3ccccc32)c([2H])c1[2H]. The first-order valence-electron chi connectivity index (χ1n) is 32.8. The summed E-state index contributed by atoms with van der Waals surface area (Å²) in [6.45, 7) is -10.9. The van der Waals surface area contributed by atoms with E-state index in [1.54, 1.807) is 59.3 Å². The van der Waals surface area contributed by atoms with Gasteiger partial charge in [0, 0.05) is 45.0 Å². The standard InChI is InChI=1S/C60H54N4O/c1-58(2,3)42-31-34-61-56(36-42)64-52-24-12-11-21-48(52)49-29-28-45(38-55(49)64)65-44-20-15-19-43(37-44)62-39-63(54-26-14-13-25-53(54)62)57-46(40-17-9-8-10-18-40)22-16-23-47(57)41-27-30-50-51(35-41)60(6,7)33-32-59(50,4)5/h8-31,34-38H,32-33H2,1-7H3/i4D3,5D3,6D3,7D3,8D,9D,10D,17D,18D,27D,30D,32D2,33D2,35D. The van der Waals surface area contributed by atoms with E-state index in [-0.39, 0.29) is 22.2 Å². The molecule has 3 aromatic heterocycles. The summed E-state index contributed by atoms with van der Waals surface area (Å²) in [5.74, 6) is 1.46. The lowest BCUT2D eigenvalue weighted by molar-refractivity contribution is -0.571. The van der Waals surface area contributed by atoms with Gasteiger partial charge in [0.25, 0.3) is 6.33 Å². The zero-order valence-electron chi connectivity index (χ0n) is 59.3. The highest BCUT2D eigenvalue weighted by Gasteiger charge is 2.37. The molecule has 320 valence electrons. The van der Waals surface area contributed by atoms with Crippen molar-refractivity contribution in [2.45, 2.75) is 77.2 Å². The summed E-state index contributed by atoms with van der Waals surface area (Å²) in [5.41, 5.74) is -11.1. The quantitative estimate of drug-likeness (QED) is 0.118. The third-order valence-electron chi connectivity index (χ3n) is 11.7. The van der Waals surface area contributed by atoms with Crippen LogP contribution < -0.4 is 9.30 Å². The Morgan fingerprint density at radius 2 is 1.38 bits per heavy atom. The molecule has 1 aliphatic carbocycles.